The number of alkyl halides is 2. The Bertz CT molecular complexity index is 953. The predicted molar refractivity (Wildman–Crippen MR) is 106 cm³/mol. The first kappa shape index (κ1) is 21.2. The number of hydrazone groups is 1. The number of amides is 3. The second-order valence-electron chi connectivity index (χ2n) is 6.90. The van der Waals surface area contributed by atoms with E-state index in [-0.39, 0.29) is 11.5 Å². The van der Waals surface area contributed by atoms with Crippen molar-refractivity contribution in [2.75, 3.05) is 7.11 Å². The number of rotatable bonds is 8. The molecule has 1 N–H and O–H groups in total. The zero-order valence-corrected chi connectivity index (χ0v) is 16.5. The number of carbonyl (C=O) groups is 2. The van der Waals surface area contributed by atoms with Gasteiger partial charge in [0.15, 0.2) is 11.5 Å². The third-order valence-electron chi connectivity index (χ3n) is 4.72. The predicted octanol–water partition coefficient (Wildman–Crippen LogP) is 3.57. The average Bonchev–Trinajstić information content (AvgIpc) is 2.94. The molecule has 0 unspecified atom stereocenters. The maximum Gasteiger partial charge on any atom is 0.387 e. The van der Waals surface area contributed by atoms with Crippen LogP contribution in [-0.4, -0.2) is 42.4 Å². The first-order valence-corrected chi connectivity index (χ1v) is 9.20. The largest absolute Gasteiger partial charge is 0.493 e. The molecule has 2 aromatic rings. The number of carbonyl (C=O) groups excluding carboxylic acids is 2. The van der Waals surface area contributed by atoms with E-state index >= 15 is 0 Å². The molecule has 3 rings (SSSR count). The molecule has 0 aromatic heterocycles. The van der Waals surface area contributed by atoms with E-state index in [1.165, 1.54) is 31.5 Å². The molecule has 1 saturated heterocycles. The molecule has 0 radical (unpaired) electrons. The normalized spacial score (nSPS) is 18.9. The highest BCUT2D eigenvalue weighted by Crippen LogP contribution is 2.29. The van der Waals surface area contributed by atoms with E-state index in [1.807, 2.05) is 30.3 Å². The summed E-state index contributed by atoms with van der Waals surface area (Å²) in [6.07, 6.45) is 2.31. The highest BCUT2D eigenvalue weighted by molar-refractivity contribution is 6.07. The van der Waals surface area contributed by atoms with Gasteiger partial charge in [-0.05, 0) is 49.1 Å². The summed E-state index contributed by atoms with van der Waals surface area (Å²) < 4.78 is 34.2. The third-order valence-corrected chi connectivity index (χ3v) is 4.72. The van der Waals surface area contributed by atoms with Gasteiger partial charge in [-0.25, -0.2) is 4.79 Å². The topological polar surface area (TPSA) is 80.2 Å². The van der Waals surface area contributed by atoms with E-state index in [4.69, 9.17) is 4.74 Å². The van der Waals surface area contributed by atoms with Crippen LogP contribution in [0.5, 0.6) is 11.5 Å². The first-order valence-electron chi connectivity index (χ1n) is 9.20. The number of aryl methyl sites for hydroxylation is 1. The van der Waals surface area contributed by atoms with E-state index in [1.54, 1.807) is 6.92 Å². The van der Waals surface area contributed by atoms with E-state index in [2.05, 4.69) is 15.2 Å². The maximum atomic E-state index is 12.8. The summed E-state index contributed by atoms with van der Waals surface area (Å²) >= 11 is 0. The van der Waals surface area contributed by atoms with Crippen molar-refractivity contribution in [2.45, 2.75) is 31.9 Å². The molecule has 1 aliphatic heterocycles. The lowest BCUT2D eigenvalue weighted by molar-refractivity contribution is -0.130. The Hall–Kier alpha value is -3.49. The first-order chi connectivity index (χ1) is 14.3. The van der Waals surface area contributed by atoms with Crippen LogP contribution in [0.25, 0.3) is 0 Å². The number of nitrogens with one attached hydrogen (secondary N) is 1. The van der Waals surface area contributed by atoms with Crippen LogP contribution in [0.4, 0.5) is 13.6 Å². The number of hydrogen-bond acceptors (Lipinski definition) is 5. The molecule has 0 aliphatic carbocycles. The molecule has 2 aromatic carbocycles. The van der Waals surface area contributed by atoms with Crippen LogP contribution in [0.15, 0.2) is 53.6 Å². The van der Waals surface area contributed by atoms with Crippen LogP contribution in [0.1, 0.15) is 24.5 Å². The van der Waals surface area contributed by atoms with Crippen LogP contribution in [0.2, 0.25) is 0 Å². The van der Waals surface area contributed by atoms with E-state index in [0.29, 0.717) is 18.4 Å². The molecule has 1 aliphatic rings. The van der Waals surface area contributed by atoms with Crippen molar-refractivity contribution in [3.05, 3.63) is 59.7 Å². The monoisotopic (exact) mass is 417 g/mol. The smallest absolute Gasteiger partial charge is 0.387 e. The zero-order chi connectivity index (χ0) is 21.7. The van der Waals surface area contributed by atoms with E-state index in [0.717, 1.165) is 10.6 Å². The molecule has 3 amide bonds. The highest BCUT2D eigenvalue weighted by atomic mass is 19.3. The Balaban J connectivity index is 1.71. The van der Waals surface area contributed by atoms with Gasteiger partial charge < -0.3 is 14.8 Å². The number of methoxy groups -OCH3 is 1. The van der Waals surface area contributed by atoms with Gasteiger partial charge in [0.1, 0.15) is 5.54 Å². The molecule has 0 bridgehead atoms. The molecule has 1 atom stereocenters. The van der Waals surface area contributed by atoms with Gasteiger partial charge in [0, 0.05) is 0 Å². The second-order valence-corrected chi connectivity index (χ2v) is 6.90. The van der Waals surface area contributed by atoms with Crippen molar-refractivity contribution < 1.29 is 27.8 Å². The number of benzene rings is 2. The zero-order valence-electron chi connectivity index (χ0n) is 16.5. The molecular weight excluding hydrogens is 396 g/mol. The Kier molecular flexibility index (Phi) is 6.29. The summed E-state index contributed by atoms with van der Waals surface area (Å²) in [4.78, 5) is 25.1. The summed E-state index contributed by atoms with van der Waals surface area (Å²) in [5, 5.41) is 7.42. The number of ether oxygens (including phenoxy) is 2. The van der Waals surface area contributed by atoms with Crippen LogP contribution in [0.3, 0.4) is 0 Å². The Morgan fingerprint density at radius 3 is 2.57 bits per heavy atom. The Morgan fingerprint density at radius 2 is 1.90 bits per heavy atom. The minimum atomic E-state index is -2.99. The SMILES string of the molecule is COc1cc(/C=N\N2C(=O)N[C@](C)(CCc3ccccc3)C2=O)ccc1OC(F)F. The van der Waals surface area contributed by atoms with Crippen LogP contribution < -0.4 is 14.8 Å². The average molecular weight is 417 g/mol. The van der Waals surface area contributed by atoms with Crippen molar-refractivity contribution in [3.63, 3.8) is 0 Å². The van der Waals surface area contributed by atoms with Crippen molar-refractivity contribution in [1.29, 1.82) is 0 Å². The molecule has 1 fully saturated rings. The van der Waals surface area contributed by atoms with Crippen LogP contribution in [0, 0.1) is 0 Å². The Labute approximate surface area is 172 Å². The van der Waals surface area contributed by atoms with Gasteiger partial charge in [0.05, 0.1) is 13.3 Å². The minimum Gasteiger partial charge on any atom is -0.493 e. The number of urea groups is 1. The molecule has 7 nitrogen and oxygen atoms in total. The van der Waals surface area contributed by atoms with Crippen molar-refractivity contribution in [2.24, 2.45) is 5.10 Å². The summed E-state index contributed by atoms with van der Waals surface area (Å²) in [6.45, 7) is -1.33. The van der Waals surface area contributed by atoms with Crippen molar-refractivity contribution in [1.82, 2.24) is 10.3 Å². The number of hydrogen-bond donors (Lipinski definition) is 1. The van der Waals surface area contributed by atoms with Crippen molar-refractivity contribution >= 4 is 18.2 Å². The number of imide groups is 1. The maximum absolute atomic E-state index is 12.8. The van der Waals surface area contributed by atoms with Gasteiger partial charge in [-0.15, -0.1) is 5.01 Å². The second kappa shape index (κ2) is 8.89. The molecule has 0 spiro atoms. The molecule has 1 heterocycles. The summed E-state index contributed by atoms with van der Waals surface area (Å²) in [6, 6.07) is 13.2. The van der Waals surface area contributed by atoms with Gasteiger partial charge in [-0.2, -0.15) is 13.9 Å². The standard InChI is InChI=1S/C21H21F2N3O4/c1-21(11-10-14-6-4-3-5-7-14)18(27)26(20(28)25-21)24-13-15-8-9-16(30-19(22)23)17(12-15)29-2/h3-9,12-13,19H,10-11H2,1-2H3,(H,25,28)/b24-13-/t21-/m1/s1. The summed E-state index contributed by atoms with van der Waals surface area (Å²) in [5.41, 5.74) is 0.421. The lowest BCUT2D eigenvalue weighted by Gasteiger charge is -2.20. The van der Waals surface area contributed by atoms with Crippen molar-refractivity contribution in [3.8, 4) is 11.5 Å². The molecular formula is C21H21F2N3O4. The third kappa shape index (κ3) is 4.73. The minimum absolute atomic E-state index is 0.0733. The number of halogens is 2. The summed E-state index contributed by atoms with van der Waals surface area (Å²) in [5.74, 6) is -0.526. The van der Waals surface area contributed by atoms with Gasteiger partial charge in [-0.3, -0.25) is 4.79 Å². The fourth-order valence-electron chi connectivity index (χ4n) is 3.06. The van der Waals surface area contributed by atoms with Crippen LogP contribution in [-0.2, 0) is 11.2 Å². The van der Waals surface area contributed by atoms with Crippen LogP contribution >= 0.6 is 0 Å². The van der Waals surface area contributed by atoms with Gasteiger partial charge in [0.2, 0.25) is 0 Å². The summed E-state index contributed by atoms with van der Waals surface area (Å²) in [7, 11) is 1.31. The van der Waals surface area contributed by atoms with Gasteiger partial charge in [0.25, 0.3) is 5.91 Å². The molecule has 9 heteroatoms. The lowest BCUT2D eigenvalue weighted by atomic mass is 9.93. The fraction of sp³-hybridized carbons (Fsp3) is 0.286. The quantitative estimate of drug-likeness (QED) is 0.526. The van der Waals surface area contributed by atoms with Gasteiger partial charge >= 0.3 is 12.6 Å². The molecule has 0 saturated carbocycles. The van der Waals surface area contributed by atoms with E-state index < -0.39 is 24.1 Å². The number of nitrogens with zero attached hydrogens (tertiary/aromatic N) is 2. The highest BCUT2D eigenvalue weighted by Gasteiger charge is 2.47. The Morgan fingerprint density at radius 1 is 1.17 bits per heavy atom. The molecule has 30 heavy (non-hydrogen) atoms. The van der Waals surface area contributed by atoms with Gasteiger partial charge in [-0.1, -0.05) is 30.3 Å². The van der Waals surface area contributed by atoms with E-state index in [9.17, 15) is 18.4 Å². The fourth-order valence-corrected chi connectivity index (χ4v) is 3.06. The lowest BCUT2D eigenvalue weighted by Crippen LogP contribution is -2.44. The molecule has 158 valence electrons.